The zero-order valence-electron chi connectivity index (χ0n) is 20.6. The van der Waals surface area contributed by atoms with E-state index in [0.717, 1.165) is 16.9 Å². The van der Waals surface area contributed by atoms with Crippen LogP contribution in [0.4, 0.5) is 15.9 Å². The number of nitrogens with zero attached hydrogens (tertiary/aromatic N) is 5. The van der Waals surface area contributed by atoms with E-state index in [2.05, 4.69) is 20.2 Å². The Balaban J connectivity index is 1.19. The molecule has 1 fully saturated rings. The van der Waals surface area contributed by atoms with Gasteiger partial charge in [0.05, 0.1) is 5.69 Å². The highest BCUT2D eigenvalue weighted by Gasteiger charge is 2.21. The van der Waals surface area contributed by atoms with Gasteiger partial charge in [-0.15, -0.1) is 0 Å². The summed E-state index contributed by atoms with van der Waals surface area (Å²) in [5.41, 5.74) is 3.13. The van der Waals surface area contributed by atoms with Gasteiger partial charge >= 0.3 is 0 Å². The summed E-state index contributed by atoms with van der Waals surface area (Å²) >= 11 is 7.80. The highest BCUT2D eigenvalue weighted by Crippen LogP contribution is 2.27. The number of para-hydroxylation sites is 1. The molecule has 2 aromatic heterocycles. The van der Waals surface area contributed by atoms with E-state index in [0.29, 0.717) is 60.0 Å². The van der Waals surface area contributed by atoms with Crippen molar-refractivity contribution in [3.63, 3.8) is 0 Å². The number of hydrogen-bond donors (Lipinski definition) is 1. The third-order valence-corrected chi connectivity index (χ3v) is 7.30. The molecule has 1 saturated heterocycles. The molecule has 3 heterocycles. The molecule has 0 spiro atoms. The van der Waals surface area contributed by atoms with Crippen molar-refractivity contribution in [3.8, 4) is 0 Å². The Morgan fingerprint density at radius 3 is 2.53 bits per heavy atom. The minimum absolute atomic E-state index is 0.142. The van der Waals surface area contributed by atoms with Crippen LogP contribution in [0.15, 0.2) is 84.3 Å². The van der Waals surface area contributed by atoms with Gasteiger partial charge in [-0.3, -0.25) is 9.78 Å². The molecule has 1 amide bonds. The van der Waals surface area contributed by atoms with Crippen LogP contribution in [0.2, 0.25) is 5.15 Å². The summed E-state index contributed by atoms with van der Waals surface area (Å²) in [7, 11) is 0. The van der Waals surface area contributed by atoms with Crippen molar-refractivity contribution < 1.29 is 9.18 Å². The first-order chi connectivity index (χ1) is 18.5. The number of carbonyl (C=O) groups is 1. The van der Waals surface area contributed by atoms with Crippen molar-refractivity contribution >= 4 is 40.8 Å². The van der Waals surface area contributed by atoms with E-state index < -0.39 is 0 Å². The van der Waals surface area contributed by atoms with Gasteiger partial charge in [-0.2, -0.15) is 0 Å². The molecule has 0 unspecified atom stereocenters. The van der Waals surface area contributed by atoms with Gasteiger partial charge < -0.3 is 15.1 Å². The normalized spacial score (nSPS) is 13.4. The third-order valence-electron chi connectivity index (χ3n) is 6.19. The number of benzene rings is 2. The monoisotopic (exact) mass is 548 g/mol. The van der Waals surface area contributed by atoms with E-state index in [9.17, 15) is 9.18 Å². The number of pyridine rings is 1. The molecule has 0 radical (unpaired) electrons. The summed E-state index contributed by atoms with van der Waals surface area (Å²) in [5, 5.41) is 3.86. The molecule has 4 aromatic rings. The molecule has 0 atom stereocenters. The van der Waals surface area contributed by atoms with Crippen molar-refractivity contribution in [1.82, 2.24) is 20.3 Å². The van der Waals surface area contributed by atoms with Gasteiger partial charge in [-0.25, -0.2) is 14.4 Å². The van der Waals surface area contributed by atoms with Crippen LogP contribution in [-0.4, -0.2) is 47.0 Å². The van der Waals surface area contributed by atoms with Gasteiger partial charge in [0.2, 0.25) is 0 Å². The van der Waals surface area contributed by atoms with Gasteiger partial charge in [0.1, 0.15) is 16.8 Å². The van der Waals surface area contributed by atoms with Crippen LogP contribution in [0.5, 0.6) is 0 Å². The molecular weight excluding hydrogens is 523 g/mol. The maximum absolute atomic E-state index is 14.2. The number of anilines is 2. The van der Waals surface area contributed by atoms with Crippen molar-refractivity contribution in [1.29, 1.82) is 0 Å². The van der Waals surface area contributed by atoms with Gasteiger partial charge in [-0.1, -0.05) is 53.7 Å². The summed E-state index contributed by atoms with van der Waals surface area (Å²) < 4.78 is 14.2. The van der Waals surface area contributed by atoms with E-state index in [1.165, 1.54) is 17.8 Å². The lowest BCUT2D eigenvalue weighted by Crippen LogP contribution is -2.47. The number of halogens is 2. The van der Waals surface area contributed by atoms with Crippen LogP contribution >= 0.6 is 23.4 Å². The first kappa shape index (κ1) is 25.9. The molecule has 1 N–H and O–H groups in total. The molecular formula is C28H26ClFN6OS. The lowest BCUT2D eigenvalue weighted by molar-refractivity contribution is 0.0951. The number of thioether (sulfide) groups is 1. The summed E-state index contributed by atoms with van der Waals surface area (Å²) in [6, 6.07) is 19.9. The number of amides is 1. The van der Waals surface area contributed by atoms with Gasteiger partial charge in [-0.05, 0) is 41.5 Å². The molecule has 10 heteroatoms. The average Bonchev–Trinajstić information content (AvgIpc) is 2.96. The minimum Gasteiger partial charge on any atom is -0.366 e. The Bertz CT molecular complexity index is 1400. The van der Waals surface area contributed by atoms with E-state index in [1.54, 1.807) is 36.7 Å². The molecule has 0 bridgehead atoms. The largest absolute Gasteiger partial charge is 0.366 e. The van der Waals surface area contributed by atoms with Gasteiger partial charge in [0.25, 0.3) is 5.91 Å². The van der Waals surface area contributed by atoms with Crippen LogP contribution < -0.4 is 15.1 Å². The van der Waals surface area contributed by atoms with Crippen molar-refractivity contribution in [2.24, 2.45) is 0 Å². The van der Waals surface area contributed by atoms with Crippen LogP contribution in [0.25, 0.3) is 0 Å². The Labute approximate surface area is 230 Å². The zero-order valence-corrected chi connectivity index (χ0v) is 22.1. The third kappa shape index (κ3) is 6.59. The number of piperazine rings is 1. The van der Waals surface area contributed by atoms with Crippen LogP contribution in [0.3, 0.4) is 0 Å². The molecule has 0 saturated carbocycles. The van der Waals surface area contributed by atoms with Crippen LogP contribution in [-0.2, 0) is 12.3 Å². The Morgan fingerprint density at radius 1 is 0.947 bits per heavy atom. The fourth-order valence-corrected chi connectivity index (χ4v) is 5.26. The molecule has 2 aromatic carbocycles. The lowest BCUT2D eigenvalue weighted by atomic mass is 10.1. The first-order valence-corrected chi connectivity index (χ1v) is 13.6. The van der Waals surface area contributed by atoms with Crippen molar-refractivity contribution in [3.05, 3.63) is 107 Å². The minimum atomic E-state index is -0.209. The molecule has 1 aliphatic heterocycles. The van der Waals surface area contributed by atoms with Crippen LogP contribution in [0, 0.1) is 5.82 Å². The Kier molecular flexibility index (Phi) is 8.35. The number of aromatic nitrogens is 3. The molecule has 194 valence electrons. The molecule has 38 heavy (non-hydrogen) atoms. The van der Waals surface area contributed by atoms with E-state index in [4.69, 9.17) is 16.6 Å². The predicted molar refractivity (Wildman–Crippen MR) is 149 cm³/mol. The first-order valence-electron chi connectivity index (χ1n) is 12.2. The van der Waals surface area contributed by atoms with E-state index in [-0.39, 0.29) is 11.7 Å². The van der Waals surface area contributed by atoms with Gasteiger partial charge in [0, 0.05) is 62.5 Å². The quantitative estimate of drug-likeness (QED) is 0.184. The summed E-state index contributed by atoms with van der Waals surface area (Å²) in [6.07, 6.45) is 3.43. The van der Waals surface area contributed by atoms with Crippen molar-refractivity contribution in [2.75, 3.05) is 36.0 Å². The highest BCUT2D eigenvalue weighted by molar-refractivity contribution is 7.98. The zero-order chi connectivity index (χ0) is 26.3. The maximum Gasteiger partial charge on any atom is 0.251 e. The SMILES string of the molecule is O=C(NCc1cccnc1)c1cccc(CSc2nc(Cl)cc(N3CCN(c4ccccc4F)CC3)n2)c1. The second-order valence-corrected chi connectivity index (χ2v) is 10.1. The number of hydrogen-bond acceptors (Lipinski definition) is 7. The fraction of sp³-hybridized carbons (Fsp3) is 0.214. The molecule has 1 aliphatic rings. The maximum atomic E-state index is 14.2. The number of nitrogens with one attached hydrogen (secondary N) is 1. The number of carbonyl (C=O) groups excluding carboxylic acids is 1. The van der Waals surface area contributed by atoms with Crippen LogP contribution in [0.1, 0.15) is 21.5 Å². The second kappa shape index (κ2) is 12.2. The van der Waals surface area contributed by atoms with E-state index in [1.807, 2.05) is 41.3 Å². The van der Waals surface area contributed by atoms with Gasteiger partial charge in [0.15, 0.2) is 5.16 Å². The standard InChI is InChI=1S/C28H26ClFN6OS/c29-25-16-26(36-13-11-35(12-14-36)24-9-2-1-8-23(24)30)34-28(33-25)38-19-20-5-3-7-22(15-20)27(37)32-18-21-6-4-10-31-17-21/h1-10,15-17H,11-14,18-19H2,(H,32,37). The Hall–Kier alpha value is -3.69. The summed E-state index contributed by atoms with van der Waals surface area (Å²) in [6.45, 7) is 3.17. The summed E-state index contributed by atoms with van der Waals surface area (Å²) in [5.74, 6) is 0.991. The summed E-state index contributed by atoms with van der Waals surface area (Å²) in [4.78, 5) is 30.0. The van der Waals surface area contributed by atoms with E-state index >= 15 is 0 Å². The lowest BCUT2D eigenvalue weighted by Gasteiger charge is -2.36. The highest BCUT2D eigenvalue weighted by atomic mass is 35.5. The van der Waals surface area contributed by atoms with Crippen molar-refractivity contribution in [2.45, 2.75) is 17.5 Å². The fourth-order valence-electron chi connectivity index (χ4n) is 4.23. The Morgan fingerprint density at radius 2 is 1.74 bits per heavy atom. The second-order valence-electron chi connectivity index (χ2n) is 8.79. The number of rotatable bonds is 8. The topological polar surface area (TPSA) is 74.2 Å². The predicted octanol–water partition coefficient (Wildman–Crippen LogP) is 5.21. The average molecular weight is 549 g/mol. The smallest absolute Gasteiger partial charge is 0.251 e. The molecule has 5 rings (SSSR count). The molecule has 7 nitrogen and oxygen atoms in total. The molecule has 0 aliphatic carbocycles.